The molecule has 0 fully saturated rings. The van der Waals surface area contributed by atoms with Gasteiger partial charge in [0.25, 0.3) is 0 Å². The summed E-state index contributed by atoms with van der Waals surface area (Å²) in [5.41, 5.74) is 0.393. The van der Waals surface area contributed by atoms with Crippen molar-refractivity contribution in [3.05, 3.63) is 12.2 Å². The van der Waals surface area contributed by atoms with Crippen molar-refractivity contribution in [2.45, 2.75) is 46.1 Å². The zero-order chi connectivity index (χ0) is 15.5. The van der Waals surface area contributed by atoms with E-state index in [1.807, 2.05) is 6.92 Å². The number of carbonyl (C=O) groups excluding carboxylic acids is 3. The average molecular weight is 285 g/mol. The molecule has 6 nitrogen and oxygen atoms in total. The van der Waals surface area contributed by atoms with Crippen LogP contribution in [0.5, 0.6) is 0 Å². The Labute approximate surface area is 119 Å². The second-order valence-corrected chi connectivity index (χ2v) is 4.47. The molecule has 114 valence electrons. The van der Waals surface area contributed by atoms with Gasteiger partial charge in [0.05, 0.1) is 25.5 Å². The number of ether oxygens (including phenoxy) is 2. The molecule has 0 aromatic heterocycles. The second-order valence-electron chi connectivity index (χ2n) is 4.47. The summed E-state index contributed by atoms with van der Waals surface area (Å²) < 4.78 is 9.88. The Kier molecular flexibility index (Phi) is 9.07. The van der Waals surface area contributed by atoms with Gasteiger partial charge in [0, 0.05) is 5.57 Å². The number of hydrogen-bond acceptors (Lipinski definition) is 5. The highest BCUT2D eigenvalue weighted by Gasteiger charge is 2.11. The van der Waals surface area contributed by atoms with Crippen molar-refractivity contribution in [3.63, 3.8) is 0 Å². The maximum Gasteiger partial charge on any atom is 0.306 e. The van der Waals surface area contributed by atoms with E-state index in [1.165, 1.54) is 0 Å². The molecule has 6 heteroatoms. The van der Waals surface area contributed by atoms with E-state index in [1.54, 1.807) is 13.8 Å². The third-order valence-corrected chi connectivity index (χ3v) is 2.48. The van der Waals surface area contributed by atoms with E-state index in [0.717, 1.165) is 6.42 Å². The van der Waals surface area contributed by atoms with E-state index in [-0.39, 0.29) is 38.0 Å². The van der Waals surface area contributed by atoms with E-state index in [4.69, 9.17) is 9.47 Å². The molecule has 1 atom stereocenters. The van der Waals surface area contributed by atoms with E-state index < -0.39 is 11.9 Å². The minimum Gasteiger partial charge on any atom is -0.464 e. The normalized spacial score (nSPS) is 11.3. The van der Waals surface area contributed by atoms with Crippen LogP contribution in [-0.2, 0) is 23.9 Å². The van der Waals surface area contributed by atoms with Crippen LogP contribution in [0, 0.1) is 0 Å². The van der Waals surface area contributed by atoms with Crippen LogP contribution in [0.1, 0.15) is 40.0 Å². The third kappa shape index (κ3) is 9.13. The van der Waals surface area contributed by atoms with Gasteiger partial charge in [-0.25, -0.2) is 0 Å². The predicted molar refractivity (Wildman–Crippen MR) is 73.9 cm³/mol. The molecule has 1 amide bonds. The number of hydrogen-bond donors (Lipinski definition) is 1. The molecule has 0 aromatic rings. The lowest BCUT2D eigenvalue weighted by molar-refractivity contribution is -0.153. The molecule has 1 N–H and O–H groups in total. The molecule has 0 radical (unpaired) electrons. The fourth-order valence-corrected chi connectivity index (χ4v) is 1.12. The smallest absolute Gasteiger partial charge is 0.306 e. The minimum atomic E-state index is -0.490. The summed E-state index contributed by atoms with van der Waals surface area (Å²) in [6.07, 6.45) is 0.569. The van der Waals surface area contributed by atoms with E-state index in [0.29, 0.717) is 5.57 Å². The Hall–Kier alpha value is -1.85. The molecule has 1 unspecified atom stereocenters. The van der Waals surface area contributed by atoms with Crippen molar-refractivity contribution < 1.29 is 23.9 Å². The molecule has 0 spiro atoms. The Morgan fingerprint density at radius 2 is 1.80 bits per heavy atom. The van der Waals surface area contributed by atoms with Crippen molar-refractivity contribution >= 4 is 17.8 Å². The molecule has 0 rings (SSSR count). The van der Waals surface area contributed by atoms with Crippen LogP contribution in [0.3, 0.4) is 0 Å². The lowest BCUT2D eigenvalue weighted by atomic mass is 10.3. The zero-order valence-electron chi connectivity index (χ0n) is 12.4. The molecule has 0 saturated heterocycles. The van der Waals surface area contributed by atoms with Crippen LogP contribution < -0.4 is 5.32 Å². The quantitative estimate of drug-likeness (QED) is 0.393. The summed E-state index contributed by atoms with van der Waals surface area (Å²) in [7, 11) is 0. The maximum absolute atomic E-state index is 11.3. The summed E-state index contributed by atoms with van der Waals surface area (Å²) >= 11 is 0. The van der Waals surface area contributed by atoms with Crippen molar-refractivity contribution in [1.82, 2.24) is 5.32 Å². The zero-order valence-corrected chi connectivity index (χ0v) is 12.4. The van der Waals surface area contributed by atoms with Gasteiger partial charge in [0.2, 0.25) is 5.91 Å². The first kappa shape index (κ1) is 18.1. The number of amides is 1. The van der Waals surface area contributed by atoms with Gasteiger partial charge in [-0.1, -0.05) is 13.5 Å². The van der Waals surface area contributed by atoms with Crippen molar-refractivity contribution in [2.24, 2.45) is 0 Å². The highest BCUT2D eigenvalue weighted by Crippen LogP contribution is 2.01. The van der Waals surface area contributed by atoms with Crippen LogP contribution in [0.2, 0.25) is 0 Å². The van der Waals surface area contributed by atoms with Crippen LogP contribution in [0.4, 0.5) is 0 Å². The van der Waals surface area contributed by atoms with Crippen molar-refractivity contribution in [1.29, 1.82) is 0 Å². The number of rotatable bonds is 9. The molecule has 0 aromatic carbocycles. The van der Waals surface area contributed by atoms with Crippen LogP contribution in [-0.4, -0.2) is 37.1 Å². The van der Waals surface area contributed by atoms with Gasteiger partial charge in [-0.2, -0.15) is 0 Å². The minimum absolute atomic E-state index is 0.00129. The van der Waals surface area contributed by atoms with Crippen molar-refractivity contribution in [3.8, 4) is 0 Å². The second kappa shape index (κ2) is 10.00. The molecule has 0 saturated carbocycles. The Morgan fingerprint density at radius 1 is 1.20 bits per heavy atom. The lowest BCUT2D eigenvalue weighted by Gasteiger charge is -2.10. The summed E-state index contributed by atoms with van der Waals surface area (Å²) in [5.74, 6) is -1.18. The molecular weight excluding hydrogens is 262 g/mol. The SMILES string of the molecule is C=C(C)C(=O)NCCOC(=O)CCC(=O)OC(C)CC. The summed E-state index contributed by atoms with van der Waals surface area (Å²) in [4.78, 5) is 33.8. The average Bonchev–Trinajstić information content (AvgIpc) is 2.40. The topological polar surface area (TPSA) is 81.7 Å². The van der Waals surface area contributed by atoms with Crippen LogP contribution >= 0.6 is 0 Å². The fraction of sp³-hybridized carbons (Fsp3) is 0.643. The maximum atomic E-state index is 11.3. The monoisotopic (exact) mass is 285 g/mol. The first-order valence-electron chi connectivity index (χ1n) is 6.65. The molecule has 0 aliphatic rings. The van der Waals surface area contributed by atoms with E-state index in [9.17, 15) is 14.4 Å². The molecule has 0 heterocycles. The molecular formula is C14H23NO5. The Balaban J connectivity index is 3.67. The van der Waals surface area contributed by atoms with Gasteiger partial charge >= 0.3 is 11.9 Å². The number of nitrogens with one attached hydrogen (secondary N) is 1. The highest BCUT2D eigenvalue weighted by atomic mass is 16.5. The van der Waals surface area contributed by atoms with Gasteiger partial charge in [-0.3, -0.25) is 14.4 Å². The van der Waals surface area contributed by atoms with E-state index >= 15 is 0 Å². The van der Waals surface area contributed by atoms with Gasteiger partial charge < -0.3 is 14.8 Å². The summed E-state index contributed by atoms with van der Waals surface area (Å²) in [6, 6.07) is 0. The van der Waals surface area contributed by atoms with Crippen LogP contribution in [0.25, 0.3) is 0 Å². The van der Waals surface area contributed by atoms with Gasteiger partial charge in [0.15, 0.2) is 0 Å². The van der Waals surface area contributed by atoms with Crippen molar-refractivity contribution in [2.75, 3.05) is 13.2 Å². The summed E-state index contributed by atoms with van der Waals surface area (Å²) in [5, 5.41) is 2.53. The predicted octanol–water partition coefficient (Wildman–Crippen LogP) is 1.34. The lowest BCUT2D eigenvalue weighted by Crippen LogP contribution is -2.28. The van der Waals surface area contributed by atoms with E-state index in [2.05, 4.69) is 11.9 Å². The third-order valence-electron chi connectivity index (χ3n) is 2.48. The molecule has 0 bridgehead atoms. The molecule has 0 aliphatic heterocycles. The largest absolute Gasteiger partial charge is 0.464 e. The van der Waals surface area contributed by atoms with Gasteiger partial charge in [-0.15, -0.1) is 0 Å². The standard InChI is InChI=1S/C14H23NO5/c1-5-11(4)20-13(17)7-6-12(16)19-9-8-15-14(18)10(2)3/h11H,2,5-9H2,1,3-4H3,(H,15,18). The van der Waals surface area contributed by atoms with Crippen LogP contribution in [0.15, 0.2) is 12.2 Å². The number of esters is 2. The summed E-state index contributed by atoms with van der Waals surface area (Å²) in [6.45, 7) is 9.05. The van der Waals surface area contributed by atoms with Gasteiger partial charge in [-0.05, 0) is 20.3 Å². The number of carbonyl (C=O) groups is 3. The fourth-order valence-electron chi connectivity index (χ4n) is 1.12. The van der Waals surface area contributed by atoms with Gasteiger partial charge in [0.1, 0.15) is 6.61 Å². The first-order valence-corrected chi connectivity index (χ1v) is 6.65. The molecule has 0 aliphatic carbocycles. The Bertz CT molecular complexity index is 365. The first-order chi connectivity index (χ1) is 9.36. The molecule has 20 heavy (non-hydrogen) atoms. The highest BCUT2D eigenvalue weighted by molar-refractivity contribution is 5.92. The Morgan fingerprint density at radius 3 is 2.35 bits per heavy atom.